The van der Waals surface area contributed by atoms with Crippen LogP contribution in [0.2, 0.25) is 0 Å². The number of rotatable bonds is 4. The van der Waals surface area contributed by atoms with E-state index >= 15 is 0 Å². The van der Waals surface area contributed by atoms with Gasteiger partial charge in [0.25, 0.3) is 0 Å². The lowest BCUT2D eigenvalue weighted by Crippen LogP contribution is -2.35. The molecule has 142 valence electrons. The lowest BCUT2D eigenvalue weighted by Gasteiger charge is -2.32. The molecule has 27 heavy (non-hydrogen) atoms. The lowest BCUT2D eigenvalue weighted by atomic mass is 9.90. The zero-order valence-corrected chi connectivity index (χ0v) is 16.5. The maximum atomic E-state index is 5.74. The summed E-state index contributed by atoms with van der Waals surface area (Å²) in [6.07, 6.45) is 3.52. The Hall–Kier alpha value is -2.43. The number of anilines is 1. The van der Waals surface area contributed by atoms with E-state index in [1.54, 1.807) is 0 Å². The molecular weight excluding hydrogens is 336 g/mol. The summed E-state index contributed by atoms with van der Waals surface area (Å²) in [5.74, 6) is 2.51. The fourth-order valence-electron chi connectivity index (χ4n) is 3.78. The van der Waals surface area contributed by atoms with Crippen molar-refractivity contribution >= 4 is 11.7 Å². The van der Waals surface area contributed by atoms with Crippen molar-refractivity contribution in [1.82, 2.24) is 10.2 Å². The van der Waals surface area contributed by atoms with Crippen LogP contribution in [0, 0.1) is 12.8 Å². The predicted octanol–water partition coefficient (Wildman–Crippen LogP) is 3.80. The van der Waals surface area contributed by atoms with E-state index in [2.05, 4.69) is 64.3 Å². The number of benzene rings is 1. The van der Waals surface area contributed by atoms with Crippen molar-refractivity contribution < 1.29 is 4.74 Å². The molecule has 1 aromatic heterocycles. The Bertz CT molecular complexity index is 803. The Labute approximate surface area is 161 Å². The fourth-order valence-corrected chi connectivity index (χ4v) is 3.78. The minimum absolute atomic E-state index is 0.107. The molecule has 0 atom stereocenters. The van der Waals surface area contributed by atoms with E-state index in [0.717, 1.165) is 48.4 Å². The van der Waals surface area contributed by atoms with Crippen LogP contribution in [-0.2, 0) is 11.2 Å². The van der Waals surface area contributed by atoms with Gasteiger partial charge in [-0.1, -0.05) is 12.1 Å². The average Bonchev–Trinajstić information content (AvgIpc) is 3.04. The first-order valence-corrected chi connectivity index (χ1v) is 9.86. The SMILES string of the molecule is Cc1ccc(N2CCC(Cc3ccc(C4=NC(C)(C)CO4)cc3)CC2)nn1. The molecule has 2 aliphatic rings. The Morgan fingerprint density at radius 3 is 2.37 bits per heavy atom. The summed E-state index contributed by atoms with van der Waals surface area (Å²) >= 11 is 0. The summed E-state index contributed by atoms with van der Waals surface area (Å²) in [6, 6.07) is 12.9. The van der Waals surface area contributed by atoms with Crippen LogP contribution >= 0.6 is 0 Å². The standard InChI is InChI=1S/C22H28N4O/c1-16-4-9-20(25-24-16)26-12-10-18(11-13-26)14-17-5-7-19(8-6-17)21-23-22(2,3)15-27-21/h4-9,18H,10-15H2,1-3H3. The van der Waals surface area contributed by atoms with Gasteiger partial charge in [0.1, 0.15) is 6.61 Å². The zero-order chi connectivity index (χ0) is 18.9. The Morgan fingerprint density at radius 2 is 1.78 bits per heavy atom. The van der Waals surface area contributed by atoms with Crippen LogP contribution in [0.4, 0.5) is 5.82 Å². The van der Waals surface area contributed by atoms with E-state index in [-0.39, 0.29) is 5.54 Å². The molecule has 0 spiro atoms. The average molecular weight is 364 g/mol. The summed E-state index contributed by atoms with van der Waals surface area (Å²) in [4.78, 5) is 7.01. The van der Waals surface area contributed by atoms with Crippen molar-refractivity contribution in [3.05, 3.63) is 53.2 Å². The molecule has 2 aliphatic heterocycles. The van der Waals surface area contributed by atoms with Crippen molar-refractivity contribution in [2.45, 2.75) is 45.6 Å². The molecule has 5 heteroatoms. The predicted molar refractivity (Wildman–Crippen MR) is 108 cm³/mol. The number of aromatic nitrogens is 2. The van der Waals surface area contributed by atoms with E-state index in [0.29, 0.717) is 6.61 Å². The third kappa shape index (κ3) is 4.29. The van der Waals surface area contributed by atoms with Gasteiger partial charge in [0.2, 0.25) is 5.90 Å². The number of aliphatic imine (C=N–C) groups is 1. The minimum atomic E-state index is -0.107. The number of hydrogen-bond acceptors (Lipinski definition) is 5. The summed E-state index contributed by atoms with van der Waals surface area (Å²) in [6.45, 7) is 8.95. The summed E-state index contributed by atoms with van der Waals surface area (Å²) in [7, 11) is 0. The summed E-state index contributed by atoms with van der Waals surface area (Å²) in [5.41, 5.74) is 3.33. The van der Waals surface area contributed by atoms with Gasteiger partial charge in [0.15, 0.2) is 5.82 Å². The number of hydrogen-bond donors (Lipinski definition) is 0. The first-order valence-electron chi connectivity index (χ1n) is 9.86. The molecule has 1 aromatic carbocycles. The molecule has 0 radical (unpaired) electrons. The van der Waals surface area contributed by atoms with Crippen LogP contribution in [0.15, 0.2) is 41.4 Å². The Morgan fingerprint density at radius 1 is 1.04 bits per heavy atom. The fraction of sp³-hybridized carbons (Fsp3) is 0.500. The van der Waals surface area contributed by atoms with E-state index in [1.165, 1.54) is 18.4 Å². The van der Waals surface area contributed by atoms with Gasteiger partial charge in [-0.15, -0.1) is 5.10 Å². The third-order valence-corrected chi connectivity index (χ3v) is 5.41. The molecule has 0 aliphatic carbocycles. The van der Waals surface area contributed by atoms with E-state index in [1.807, 2.05) is 13.0 Å². The first kappa shape index (κ1) is 18.0. The van der Waals surface area contributed by atoms with Gasteiger partial charge in [-0.3, -0.25) is 0 Å². The van der Waals surface area contributed by atoms with Crippen molar-refractivity contribution in [3.8, 4) is 0 Å². The summed E-state index contributed by atoms with van der Waals surface area (Å²) < 4.78 is 5.74. The smallest absolute Gasteiger partial charge is 0.216 e. The van der Waals surface area contributed by atoms with Gasteiger partial charge < -0.3 is 9.64 Å². The Balaban J connectivity index is 1.32. The monoisotopic (exact) mass is 364 g/mol. The van der Waals surface area contributed by atoms with Crippen LogP contribution in [0.3, 0.4) is 0 Å². The van der Waals surface area contributed by atoms with Gasteiger partial charge in [0, 0.05) is 18.7 Å². The van der Waals surface area contributed by atoms with E-state index in [9.17, 15) is 0 Å². The largest absolute Gasteiger partial charge is 0.475 e. The molecule has 2 aromatic rings. The number of nitrogens with zero attached hydrogens (tertiary/aromatic N) is 4. The zero-order valence-electron chi connectivity index (χ0n) is 16.5. The quantitative estimate of drug-likeness (QED) is 0.828. The van der Waals surface area contributed by atoms with Crippen molar-refractivity contribution in [2.24, 2.45) is 10.9 Å². The van der Waals surface area contributed by atoms with Crippen LogP contribution in [0.5, 0.6) is 0 Å². The Kier molecular flexibility index (Phi) is 4.85. The molecule has 0 bridgehead atoms. The van der Waals surface area contributed by atoms with Crippen molar-refractivity contribution in [1.29, 1.82) is 0 Å². The molecular formula is C22H28N4O. The topological polar surface area (TPSA) is 50.6 Å². The number of aryl methyl sites for hydroxylation is 1. The van der Waals surface area contributed by atoms with E-state index < -0.39 is 0 Å². The summed E-state index contributed by atoms with van der Waals surface area (Å²) in [5, 5.41) is 8.50. The lowest BCUT2D eigenvalue weighted by molar-refractivity contribution is 0.279. The van der Waals surface area contributed by atoms with E-state index in [4.69, 9.17) is 4.74 Å². The molecule has 0 saturated carbocycles. The van der Waals surface area contributed by atoms with Gasteiger partial charge in [-0.05, 0) is 75.8 Å². The second kappa shape index (κ2) is 7.29. The van der Waals surface area contributed by atoms with Crippen LogP contribution < -0.4 is 4.90 Å². The van der Waals surface area contributed by atoms with Crippen LogP contribution in [0.25, 0.3) is 0 Å². The molecule has 1 fully saturated rings. The highest BCUT2D eigenvalue weighted by molar-refractivity contribution is 5.95. The molecule has 1 saturated heterocycles. The van der Waals surface area contributed by atoms with Gasteiger partial charge in [-0.25, -0.2) is 4.99 Å². The number of ether oxygens (including phenoxy) is 1. The van der Waals surface area contributed by atoms with Gasteiger partial charge >= 0.3 is 0 Å². The highest BCUT2D eigenvalue weighted by Crippen LogP contribution is 2.25. The third-order valence-electron chi connectivity index (χ3n) is 5.41. The van der Waals surface area contributed by atoms with Crippen LogP contribution in [0.1, 0.15) is 43.5 Å². The molecule has 4 rings (SSSR count). The van der Waals surface area contributed by atoms with Crippen LogP contribution in [-0.4, -0.2) is 41.3 Å². The second-order valence-electron chi connectivity index (χ2n) is 8.38. The normalized spacial score (nSPS) is 19.7. The highest BCUT2D eigenvalue weighted by Gasteiger charge is 2.27. The maximum Gasteiger partial charge on any atom is 0.216 e. The number of piperidine rings is 1. The molecule has 3 heterocycles. The maximum absolute atomic E-state index is 5.74. The minimum Gasteiger partial charge on any atom is -0.475 e. The second-order valence-corrected chi connectivity index (χ2v) is 8.38. The molecule has 0 unspecified atom stereocenters. The van der Waals surface area contributed by atoms with Crippen molar-refractivity contribution in [2.75, 3.05) is 24.6 Å². The highest BCUT2D eigenvalue weighted by atomic mass is 16.5. The first-order chi connectivity index (χ1) is 13.0. The molecule has 0 N–H and O–H groups in total. The van der Waals surface area contributed by atoms with Gasteiger partial charge in [0.05, 0.1) is 11.2 Å². The molecule has 0 amide bonds. The van der Waals surface area contributed by atoms with Gasteiger partial charge in [-0.2, -0.15) is 5.10 Å². The van der Waals surface area contributed by atoms with Crippen molar-refractivity contribution in [3.63, 3.8) is 0 Å². The molecule has 5 nitrogen and oxygen atoms in total.